The Balaban J connectivity index is 2.45. The van der Waals surface area contributed by atoms with Crippen molar-refractivity contribution >= 4 is 11.8 Å². The average molecular weight is 340 g/mol. The van der Waals surface area contributed by atoms with E-state index in [1.807, 2.05) is 0 Å². The average Bonchev–Trinajstić information content (AvgIpc) is 2.91. The van der Waals surface area contributed by atoms with Gasteiger partial charge in [-0.25, -0.2) is 0 Å². The van der Waals surface area contributed by atoms with Gasteiger partial charge in [-0.15, -0.1) is 6.58 Å². The first-order chi connectivity index (χ1) is 11.3. The molecule has 130 valence electrons. The standard InChI is InChI=1S/C18H19F3O3/c1-3-14(12-7-9-13(10-8-12)18(19,20)21)17(16(23)24-4-2)11-5-6-15(17)22/h3,7-10,14H,1,4-6,11H2,2H3/t14?,17-/m1/s1. The van der Waals surface area contributed by atoms with E-state index in [1.54, 1.807) is 6.92 Å². The molecule has 0 amide bonds. The predicted octanol–water partition coefficient (Wildman–Crippen LogP) is 4.28. The quantitative estimate of drug-likeness (QED) is 0.456. The number of ether oxygens (including phenoxy) is 1. The fraction of sp³-hybridized carbons (Fsp3) is 0.444. The van der Waals surface area contributed by atoms with E-state index in [4.69, 9.17) is 4.74 Å². The van der Waals surface area contributed by atoms with Crippen molar-refractivity contribution in [1.82, 2.24) is 0 Å². The van der Waals surface area contributed by atoms with E-state index in [9.17, 15) is 22.8 Å². The third-order valence-electron chi connectivity index (χ3n) is 4.48. The lowest BCUT2D eigenvalue weighted by Gasteiger charge is -2.32. The number of carbonyl (C=O) groups is 2. The minimum atomic E-state index is -4.44. The van der Waals surface area contributed by atoms with Crippen molar-refractivity contribution in [2.24, 2.45) is 5.41 Å². The molecule has 1 unspecified atom stereocenters. The van der Waals surface area contributed by atoms with Crippen LogP contribution in [0.4, 0.5) is 13.2 Å². The Morgan fingerprint density at radius 2 is 2.00 bits per heavy atom. The summed E-state index contributed by atoms with van der Waals surface area (Å²) >= 11 is 0. The van der Waals surface area contributed by atoms with Gasteiger partial charge in [-0.05, 0) is 37.5 Å². The van der Waals surface area contributed by atoms with E-state index in [2.05, 4.69) is 6.58 Å². The number of hydrogen-bond donors (Lipinski definition) is 0. The van der Waals surface area contributed by atoms with Crippen LogP contribution in [-0.2, 0) is 20.5 Å². The summed E-state index contributed by atoms with van der Waals surface area (Å²) in [4.78, 5) is 25.0. The van der Waals surface area contributed by atoms with Gasteiger partial charge in [0.25, 0.3) is 0 Å². The summed E-state index contributed by atoms with van der Waals surface area (Å²) in [5, 5.41) is 0. The van der Waals surface area contributed by atoms with Gasteiger partial charge in [-0.2, -0.15) is 13.2 Å². The van der Waals surface area contributed by atoms with Gasteiger partial charge >= 0.3 is 12.1 Å². The summed E-state index contributed by atoms with van der Waals surface area (Å²) in [7, 11) is 0. The first-order valence-electron chi connectivity index (χ1n) is 7.77. The molecule has 2 atom stereocenters. The molecule has 1 aliphatic carbocycles. The summed E-state index contributed by atoms with van der Waals surface area (Å²) in [6.45, 7) is 5.47. The summed E-state index contributed by atoms with van der Waals surface area (Å²) in [6.07, 6.45) is -1.89. The first kappa shape index (κ1) is 18.2. The van der Waals surface area contributed by atoms with Crippen LogP contribution < -0.4 is 0 Å². The van der Waals surface area contributed by atoms with Crippen LogP contribution in [0.5, 0.6) is 0 Å². The first-order valence-corrected chi connectivity index (χ1v) is 7.77. The van der Waals surface area contributed by atoms with Crippen molar-refractivity contribution in [2.45, 2.75) is 38.3 Å². The third kappa shape index (κ3) is 3.09. The largest absolute Gasteiger partial charge is 0.465 e. The fourth-order valence-corrected chi connectivity index (χ4v) is 3.32. The molecular formula is C18H19F3O3. The normalized spacial score (nSPS) is 22.2. The van der Waals surface area contributed by atoms with Gasteiger partial charge in [0.1, 0.15) is 5.41 Å². The van der Waals surface area contributed by atoms with Gasteiger partial charge in [0, 0.05) is 12.3 Å². The van der Waals surface area contributed by atoms with Crippen LogP contribution in [0.15, 0.2) is 36.9 Å². The van der Waals surface area contributed by atoms with Crippen molar-refractivity contribution < 1.29 is 27.5 Å². The second-order valence-corrected chi connectivity index (χ2v) is 5.80. The minimum absolute atomic E-state index is 0.130. The lowest BCUT2D eigenvalue weighted by atomic mass is 9.70. The van der Waals surface area contributed by atoms with Crippen molar-refractivity contribution in [2.75, 3.05) is 6.61 Å². The molecule has 24 heavy (non-hydrogen) atoms. The second kappa shape index (κ2) is 6.79. The highest BCUT2D eigenvalue weighted by atomic mass is 19.4. The molecule has 1 aromatic rings. The molecule has 1 saturated carbocycles. The molecule has 0 N–H and O–H groups in total. The van der Waals surface area contributed by atoms with E-state index < -0.39 is 29.0 Å². The molecule has 6 heteroatoms. The third-order valence-corrected chi connectivity index (χ3v) is 4.48. The molecule has 0 saturated heterocycles. The zero-order valence-corrected chi connectivity index (χ0v) is 13.4. The SMILES string of the molecule is C=CC(c1ccc(C(F)(F)F)cc1)[C@]1(C(=O)OCC)CCCC1=O. The smallest absolute Gasteiger partial charge is 0.416 e. The Kier molecular flexibility index (Phi) is 5.16. The Hall–Kier alpha value is -2.11. The Morgan fingerprint density at radius 1 is 1.38 bits per heavy atom. The van der Waals surface area contributed by atoms with E-state index >= 15 is 0 Å². The van der Waals surface area contributed by atoms with E-state index in [1.165, 1.54) is 18.2 Å². The van der Waals surface area contributed by atoms with Crippen molar-refractivity contribution in [3.05, 3.63) is 48.0 Å². The highest BCUT2D eigenvalue weighted by Crippen LogP contribution is 2.48. The van der Waals surface area contributed by atoms with Crippen LogP contribution in [0.1, 0.15) is 43.2 Å². The topological polar surface area (TPSA) is 43.4 Å². The maximum absolute atomic E-state index is 12.7. The Bertz CT molecular complexity index is 634. The number of halogens is 3. The Morgan fingerprint density at radius 3 is 2.42 bits per heavy atom. The van der Waals surface area contributed by atoms with Gasteiger partial charge < -0.3 is 4.74 Å². The molecular weight excluding hydrogens is 321 g/mol. The van der Waals surface area contributed by atoms with Gasteiger partial charge in [0.15, 0.2) is 5.78 Å². The molecule has 1 aromatic carbocycles. The number of carbonyl (C=O) groups excluding carboxylic acids is 2. The summed E-state index contributed by atoms with van der Waals surface area (Å²) in [5.41, 5.74) is -1.73. The summed E-state index contributed by atoms with van der Waals surface area (Å²) in [5.74, 6) is -1.59. The van der Waals surface area contributed by atoms with Crippen LogP contribution in [-0.4, -0.2) is 18.4 Å². The van der Waals surface area contributed by atoms with Crippen LogP contribution in [0.3, 0.4) is 0 Å². The number of benzene rings is 1. The summed E-state index contributed by atoms with van der Waals surface area (Å²) < 4.78 is 43.3. The van der Waals surface area contributed by atoms with Crippen molar-refractivity contribution in [3.63, 3.8) is 0 Å². The molecule has 2 rings (SSSR count). The van der Waals surface area contributed by atoms with Gasteiger partial charge in [0.05, 0.1) is 12.2 Å². The highest BCUT2D eigenvalue weighted by molar-refractivity contribution is 6.06. The van der Waals surface area contributed by atoms with E-state index in [0.29, 0.717) is 18.4 Å². The van der Waals surface area contributed by atoms with Crippen LogP contribution in [0.25, 0.3) is 0 Å². The lowest BCUT2D eigenvalue weighted by Crippen LogP contribution is -2.41. The number of esters is 1. The molecule has 0 spiro atoms. The van der Waals surface area contributed by atoms with Crippen LogP contribution in [0.2, 0.25) is 0 Å². The monoisotopic (exact) mass is 340 g/mol. The number of rotatable bonds is 5. The molecule has 0 bridgehead atoms. The van der Waals surface area contributed by atoms with Crippen LogP contribution >= 0.6 is 0 Å². The maximum Gasteiger partial charge on any atom is 0.416 e. The predicted molar refractivity (Wildman–Crippen MR) is 82.3 cm³/mol. The minimum Gasteiger partial charge on any atom is -0.465 e. The number of hydrogen-bond acceptors (Lipinski definition) is 3. The van der Waals surface area contributed by atoms with Crippen molar-refractivity contribution in [1.29, 1.82) is 0 Å². The van der Waals surface area contributed by atoms with Crippen LogP contribution in [0, 0.1) is 5.41 Å². The number of ketones is 1. The van der Waals surface area contributed by atoms with E-state index in [0.717, 1.165) is 12.1 Å². The number of allylic oxidation sites excluding steroid dienone is 1. The molecule has 3 nitrogen and oxygen atoms in total. The fourth-order valence-electron chi connectivity index (χ4n) is 3.32. The maximum atomic E-state index is 12.7. The second-order valence-electron chi connectivity index (χ2n) is 5.80. The lowest BCUT2D eigenvalue weighted by molar-refractivity contribution is -0.159. The number of alkyl halides is 3. The van der Waals surface area contributed by atoms with E-state index in [-0.39, 0.29) is 18.8 Å². The molecule has 0 radical (unpaired) electrons. The van der Waals surface area contributed by atoms with Gasteiger partial charge in [-0.3, -0.25) is 9.59 Å². The van der Waals surface area contributed by atoms with Gasteiger partial charge in [-0.1, -0.05) is 18.2 Å². The molecule has 1 fully saturated rings. The van der Waals surface area contributed by atoms with Crippen molar-refractivity contribution in [3.8, 4) is 0 Å². The molecule has 0 aromatic heterocycles. The number of Topliss-reactive ketones (excluding diaryl/α,β-unsaturated/α-hetero) is 1. The zero-order chi connectivity index (χ0) is 18.0. The molecule has 1 aliphatic rings. The highest BCUT2D eigenvalue weighted by Gasteiger charge is 2.54. The molecule has 0 aliphatic heterocycles. The Labute approximate surface area is 138 Å². The zero-order valence-electron chi connectivity index (χ0n) is 13.4. The summed E-state index contributed by atoms with van der Waals surface area (Å²) in [6, 6.07) is 4.48. The van der Waals surface area contributed by atoms with Gasteiger partial charge in [0.2, 0.25) is 0 Å². The molecule has 0 heterocycles.